The van der Waals surface area contributed by atoms with Gasteiger partial charge in [0.25, 0.3) is 0 Å². The van der Waals surface area contributed by atoms with Crippen molar-refractivity contribution in [2.45, 2.75) is 249 Å². The molecule has 9 rings (SSSR count). The fourth-order valence-corrected chi connectivity index (χ4v) is 9.38. The zero-order valence-electron chi connectivity index (χ0n) is 59.3. The summed E-state index contributed by atoms with van der Waals surface area (Å²) in [7, 11) is -4.44. The van der Waals surface area contributed by atoms with Crippen LogP contribution >= 0.6 is 0 Å². The molecule has 0 aliphatic heterocycles. The van der Waals surface area contributed by atoms with Gasteiger partial charge >= 0.3 is 16.4 Å². The topological polar surface area (TPSA) is 407 Å². The smallest absolute Gasteiger partial charge is 0.397 e. The van der Waals surface area contributed by atoms with Crippen LogP contribution in [-0.2, 0) is 131 Å². The Bertz CT molecular complexity index is 3830. The van der Waals surface area contributed by atoms with Crippen molar-refractivity contribution in [3.8, 4) is 0 Å². The molecule has 0 atom stereocenters. The van der Waals surface area contributed by atoms with Crippen molar-refractivity contribution >= 4 is 16.4 Å². The number of nitrogens with zero attached hydrogens (tertiary/aromatic N) is 30. The van der Waals surface area contributed by atoms with Crippen LogP contribution in [0.25, 0.3) is 0 Å². The van der Waals surface area contributed by atoms with Gasteiger partial charge in [0.05, 0.1) is 134 Å². The van der Waals surface area contributed by atoms with E-state index in [0.29, 0.717) is 90.5 Å². The summed E-state index contributed by atoms with van der Waals surface area (Å²) in [6.45, 7) is 42.9. The molecule has 37 nitrogen and oxygen atoms in total. The summed E-state index contributed by atoms with van der Waals surface area (Å²) in [4.78, 5) is 17.3. The maximum Gasteiger partial charge on any atom is 0.397 e. The summed E-state index contributed by atoms with van der Waals surface area (Å²) in [6.07, 6.45) is 18.0. The van der Waals surface area contributed by atoms with Gasteiger partial charge in [0.2, 0.25) is 0 Å². The molecule has 0 aromatic carbocycles. The van der Waals surface area contributed by atoms with Gasteiger partial charge in [-0.25, -0.2) is 37.0 Å². The third-order valence-corrected chi connectivity index (χ3v) is 14.7. The van der Waals surface area contributed by atoms with E-state index in [2.05, 4.69) is 236 Å². The largest absolute Gasteiger partial charge is 0.480 e. The summed E-state index contributed by atoms with van der Waals surface area (Å²) in [5, 5.41) is 94.3. The molecule has 0 aliphatic carbocycles. The number of aliphatic carboxylic acids is 1. The monoisotopic (exact) mass is 1370 g/mol. The first-order chi connectivity index (χ1) is 45.1. The zero-order valence-corrected chi connectivity index (χ0v) is 60.1. The van der Waals surface area contributed by atoms with E-state index in [-0.39, 0.29) is 53.0 Å². The quantitative estimate of drug-likeness (QED) is 0.0457. The van der Waals surface area contributed by atoms with Gasteiger partial charge in [0.1, 0.15) is 6.54 Å². The van der Waals surface area contributed by atoms with Crippen molar-refractivity contribution in [3.05, 3.63) is 107 Å². The number of rotatable bonds is 28. The zero-order chi connectivity index (χ0) is 71.3. The second kappa shape index (κ2) is 31.8. The Hall–Kier alpha value is -8.56. The van der Waals surface area contributed by atoms with Gasteiger partial charge in [-0.05, 0) is 137 Å². The molecule has 0 unspecified atom stereocenters. The molecular formula is C59H98N30O7S. The molecule has 0 saturated heterocycles. The Morgan fingerprint density at radius 3 is 0.804 bits per heavy atom. The second-order valence-corrected chi connectivity index (χ2v) is 30.9. The molecule has 0 saturated carbocycles. The van der Waals surface area contributed by atoms with Gasteiger partial charge < -0.3 is 10.2 Å². The molecule has 0 aliphatic rings. The number of carboxylic acids is 1. The summed E-state index contributed by atoms with van der Waals surface area (Å²) in [6, 6.07) is 0. The molecule has 9 heterocycles. The number of aromatic nitrogens is 27. The minimum absolute atomic E-state index is 0.124. The maximum atomic E-state index is 10.9. The number of aliphatic hydroxyl groups is 1. The third kappa shape index (κ3) is 24.8. The highest BCUT2D eigenvalue weighted by Crippen LogP contribution is 2.22. The van der Waals surface area contributed by atoms with Crippen LogP contribution < -0.4 is 0 Å². The highest BCUT2D eigenvalue weighted by Gasteiger charge is 2.25. The Labute approximate surface area is 565 Å². The lowest BCUT2D eigenvalue weighted by Crippen LogP contribution is -2.24. The average molecular weight is 1370 g/mol. The lowest BCUT2D eigenvalue weighted by molar-refractivity contribution is -0.137. The number of hydrogen-bond donors (Lipinski definition) is 3. The molecule has 0 radical (unpaired) electrons. The normalized spacial score (nSPS) is 12.9. The number of aliphatic hydroxyl groups excluding tert-OH is 1. The van der Waals surface area contributed by atoms with E-state index in [1.807, 2.05) is 71.5 Å². The standard InChI is InChI=1S/C20H34N10O4S.C20H34N10O.C19H30N10O2/c1-19(2,3)29-14-17(22-25-29)11-27(12-18-15-30(26-23-18)20(4,5)6)10-16-13-28(24-21-16)8-7-9-34-35(31,32)33;1-19(2,3)29-14-17(22-25-29)11-27(10-16-13-28(24-21-16)8-7-9-31)12-18-15-30(26-23-18)20(4,5)6;1-18(2,3)28-11-15(21-24-28)8-26(7-14-10-27(23-20-14)13-17(30)31)9-16-12-29(25-22-16)19(4,5)6/h13-15H,7-12H2,1-6H3,(H,31,32,33);13-15,31H,7-12H2,1-6H3;10-12H,7-9,13H2,1-6H3,(H,30,31). The highest BCUT2D eigenvalue weighted by atomic mass is 32.3. The van der Waals surface area contributed by atoms with Gasteiger partial charge in [-0.2, -0.15) is 8.42 Å². The van der Waals surface area contributed by atoms with Crippen molar-refractivity contribution in [2.24, 2.45) is 0 Å². The van der Waals surface area contributed by atoms with Gasteiger partial charge in [-0.3, -0.25) is 33.4 Å². The molecular weight excluding hydrogens is 1270 g/mol. The predicted octanol–water partition coefficient (Wildman–Crippen LogP) is 4.20. The molecule has 0 fully saturated rings. The first-order valence-electron chi connectivity index (χ1n) is 31.9. The van der Waals surface area contributed by atoms with E-state index in [9.17, 15) is 13.2 Å². The van der Waals surface area contributed by atoms with E-state index in [0.717, 1.165) is 45.6 Å². The molecule has 532 valence electrons. The van der Waals surface area contributed by atoms with Crippen LogP contribution in [0.3, 0.4) is 0 Å². The van der Waals surface area contributed by atoms with Gasteiger partial charge in [-0.1, -0.05) is 46.9 Å². The molecule has 0 amide bonds. The van der Waals surface area contributed by atoms with E-state index >= 15 is 0 Å². The number of aryl methyl sites for hydroxylation is 2. The van der Waals surface area contributed by atoms with E-state index in [1.165, 1.54) is 4.68 Å². The second-order valence-electron chi connectivity index (χ2n) is 29.8. The van der Waals surface area contributed by atoms with Crippen LogP contribution in [0.15, 0.2) is 55.8 Å². The molecule has 3 N–H and O–H groups in total. The van der Waals surface area contributed by atoms with E-state index < -0.39 is 16.4 Å². The van der Waals surface area contributed by atoms with Crippen molar-refractivity contribution in [3.63, 3.8) is 0 Å². The summed E-state index contributed by atoms with van der Waals surface area (Å²) >= 11 is 0. The average Bonchev–Trinajstić information content (AvgIpc) is 1.72. The van der Waals surface area contributed by atoms with Crippen LogP contribution in [0.5, 0.6) is 0 Å². The van der Waals surface area contributed by atoms with Crippen molar-refractivity contribution in [2.75, 3.05) is 13.2 Å². The fraction of sp³-hybridized carbons (Fsp3) is 0.678. The van der Waals surface area contributed by atoms with Crippen LogP contribution in [0.1, 0.15) is 189 Å². The maximum absolute atomic E-state index is 10.9. The van der Waals surface area contributed by atoms with Gasteiger partial charge in [-0.15, -0.1) is 45.9 Å². The fourth-order valence-electron chi connectivity index (χ4n) is 9.05. The van der Waals surface area contributed by atoms with E-state index in [1.54, 1.807) is 21.8 Å². The van der Waals surface area contributed by atoms with Crippen LogP contribution in [0.2, 0.25) is 0 Å². The summed E-state index contributed by atoms with van der Waals surface area (Å²) in [5.41, 5.74) is 6.35. The third-order valence-electron chi connectivity index (χ3n) is 14.2. The van der Waals surface area contributed by atoms with Crippen LogP contribution in [-0.4, -0.2) is 192 Å². The lowest BCUT2D eigenvalue weighted by Gasteiger charge is -2.20. The number of carboxylic acid groups (broad SMARTS) is 1. The summed E-state index contributed by atoms with van der Waals surface area (Å²) in [5.74, 6) is -0.967. The Morgan fingerprint density at radius 2 is 0.588 bits per heavy atom. The molecule has 38 heteroatoms. The number of hydrogen-bond acceptors (Lipinski definition) is 26. The molecule has 9 aromatic heterocycles. The Balaban J connectivity index is 0.000000206. The molecule has 0 bridgehead atoms. The molecule has 0 spiro atoms. The van der Waals surface area contributed by atoms with Crippen molar-refractivity contribution < 1.29 is 32.2 Å². The molecule has 9 aromatic rings. The first kappa shape index (κ1) is 75.8. The van der Waals surface area contributed by atoms with Gasteiger partial charge in [0, 0.05) is 91.0 Å². The Morgan fingerprint density at radius 1 is 0.371 bits per heavy atom. The lowest BCUT2D eigenvalue weighted by atomic mass is 10.1. The SMILES string of the molecule is CC(C)(C)n1cc(CN(Cc2cn(CC(=O)O)nn2)Cc2cn(C(C)(C)C)nn2)nn1.CC(C)(C)n1cc(CN(Cc2cn(CCCO)nn2)Cc2cn(C(C)(C)C)nn2)nn1.CC(C)(C)n1cc(CN(Cc2cn(CCCOS(=O)(=O)O)nn2)Cc2cn(C(C)(C)C)nn2)nn1. The van der Waals surface area contributed by atoms with Crippen LogP contribution in [0.4, 0.5) is 0 Å². The van der Waals surface area contributed by atoms with Gasteiger partial charge in [0.15, 0.2) is 0 Å². The molecule has 97 heavy (non-hydrogen) atoms. The van der Waals surface area contributed by atoms with Crippen LogP contribution in [0, 0.1) is 0 Å². The first-order valence-corrected chi connectivity index (χ1v) is 33.3. The Kier molecular flexibility index (Phi) is 24.8. The van der Waals surface area contributed by atoms with Crippen molar-refractivity contribution in [1.82, 2.24) is 150 Å². The highest BCUT2D eigenvalue weighted by molar-refractivity contribution is 7.80. The van der Waals surface area contributed by atoms with Crippen molar-refractivity contribution in [1.29, 1.82) is 0 Å². The number of carbonyl (C=O) groups is 1. The summed E-state index contributed by atoms with van der Waals surface area (Å²) < 4.78 is 50.0. The van der Waals surface area contributed by atoms with E-state index in [4.69, 9.17) is 14.8 Å². The minimum Gasteiger partial charge on any atom is -0.480 e. The minimum atomic E-state index is -4.44. The predicted molar refractivity (Wildman–Crippen MR) is 350 cm³/mol.